The Morgan fingerprint density at radius 1 is 1.00 bits per heavy atom. The molecule has 2 aromatic heterocycles. The molecule has 0 unspecified atom stereocenters. The molecule has 0 bridgehead atoms. The van der Waals surface area contributed by atoms with Crippen molar-refractivity contribution in [2.75, 3.05) is 11.9 Å². The summed E-state index contributed by atoms with van der Waals surface area (Å²) in [6.45, 7) is 4.26. The van der Waals surface area contributed by atoms with Crippen LogP contribution < -0.4 is 10.6 Å². The molecule has 162 valence electrons. The number of amides is 2. The summed E-state index contributed by atoms with van der Waals surface area (Å²) in [6.07, 6.45) is 3.76. The lowest BCUT2D eigenvalue weighted by atomic mass is 10.0. The van der Waals surface area contributed by atoms with E-state index in [0.717, 1.165) is 22.2 Å². The first-order valence-corrected chi connectivity index (χ1v) is 10.3. The van der Waals surface area contributed by atoms with E-state index < -0.39 is 0 Å². The van der Waals surface area contributed by atoms with Crippen LogP contribution in [0.5, 0.6) is 0 Å². The van der Waals surface area contributed by atoms with Gasteiger partial charge < -0.3 is 15.6 Å². The van der Waals surface area contributed by atoms with Gasteiger partial charge in [-0.3, -0.25) is 14.6 Å². The number of nitrogens with zero attached hydrogens (tertiary/aromatic N) is 1. The van der Waals surface area contributed by atoms with Crippen molar-refractivity contribution in [1.29, 1.82) is 0 Å². The number of pyridine rings is 1. The van der Waals surface area contributed by atoms with Crippen LogP contribution in [0.1, 0.15) is 37.5 Å². The minimum absolute atomic E-state index is 0.232. The Morgan fingerprint density at radius 3 is 2.41 bits per heavy atom. The summed E-state index contributed by atoms with van der Waals surface area (Å²) >= 11 is 0. The third-order valence-corrected chi connectivity index (χ3v) is 5.42. The number of hydrogen-bond donors (Lipinski definition) is 3. The molecular weight excluding hydrogens is 407 g/mol. The topological polar surface area (TPSA) is 86.9 Å². The van der Waals surface area contributed by atoms with E-state index in [2.05, 4.69) is 20.6 Å². The molecule has 4 aromatic rings. The molecule has 32 heavy (non-hydrogen) atoms. The second-order valence-electron chi connectivity index (χ2n) is 7.62. The zero-order valence-corrected chi connectivity index (χ0v) is 17.8. The fourth-order valence-corrected chi connectivity index (χ4v) is 3.77. The zero-order valence-electron chi connectivity index (χ0n) is 17.8. The molecule has 2 aromatic carbocycles. The number of anilines is 1. The minimum atomic E-state index is -0.281. The highest BCUT2D eigenvalue weighted by Crippen LogP contribution is 2.27. The van der Waals surface area contributed by atoms with Crippen LogP contribution >= 0.6 is 0 Å². The summed E-state index contributed by atoms with van der Waals surface area (Å²) in [5.41, 5.74) is 4.89. The Labute approximate surface area is 184 Å². The standard InChI is InChI=1S/C25H23FN4O2/c1-15-5-10-21(26)23-22(15)20(16(2)29-23)11-13-28-24(31)17-6-8-18(9-7-17)25(32)30-19-4-3-12-27-14-19/h3-10,12,14,29H,11,13H2,1-2H3,(H,28,31)(H,30,32). The molecule has 4 rings (SSSR count). The van der Waals surface area contributed by atoms with Crippen molar-refractivity contribution in [3.63, 3.8) is 0 Å². The van der Waals surface area contributed by atoms with Crippen molar-refractivity contribution < 1.29 is 14.0 Å². The Morgan fingerprint density at radius 2 is 1.72 bits per heavy atom. The van der Waals surface area contributed by atoms with E-state index in [4.69, 9.17) is 0 Å². The number of rotatable bonds is 6. The van der Waals surface area contributed by atoms with Crippen molar-refractivity contribution >= 4 is 28.4 Å². The molecule has 0 aliphatic rings. The SMILES string of the molecule is Cc1[nH]c2c(F)ccc(C)c2c1CCNC(=O)c1ccc(C(=O)Nc2cccnc2)cc1. The number of aryl methyl sites for hydroxylation is 2. The number of halogens is 1. The van der Waals surface area contributed by atoms with E-state index >= 15 is 0 Å². The molecule has 0 spiro atoms. The van der Waals surface area contributed by atoms with Gasteiger partial charge in [-0.15, -0.1) is 0 Å². The van der Waals surface area contributed by atoms with Crippen molar-refractivity contribution in [3.05, 3.63) is 94.7 Å². The Kier molecular flexibility index (Phi) is 5.98. The van der Waals surface area contributed by atoms with Gasteiger partial charge in [0.05, 0.1) is 17.4 Å². The normalized spacial score (nSPS) is 10.8. The molecular formula is C25H23FN4O2. The van der Waals surface area contributed by atoms with Crippen molar-refractivity contribution in [2.45, 2.75) is 20.3 Å². The number of aromatic nitrogens is 2. The van der Waals surface area contributed by atoms with E-state index in [1.807, 2.05) is 13.8 Å². The van der Waals surface area contributed by atoms with Gasteiger partial charge in [-0.1, -0.05) is 6.07 Å². The molecule has 2 amide bonds. The second-order valence-corrected chi connectivity index (χ2v) is 7.62. The highest BCUT2D eigenvalue weighted by atomic mass is 19.1. The van der Waals surface area contributed by atoms with Crippen LogP contribution in [0, 0.1) is 19.7 Å². The van der Waals surface area contributed by atoms with E-state index in [-0.39, 0.29) is 17.6 Å². The first-order valence-electron chi connectivity index (χ1n) is 10.3. The fraction of sp³-hybridized carbons (Fsp3) is 0.160. The van der Waals surface area contributed by atoms with Crippen LogP contribution in [0.25, 0.3) is 10.9 Å². The summed E-state index contributed by atoms with van der Waals surface area (Å²) in [5, 5.41) is 6.53. The largest absolute Gasteiger partial charge is 0.356 e. The van der Waals surface area contributed by atoms with Crippen LogP contribution in [0.2, 0.25) is 0 Å². The smallest absolute Gasteiger partial charge is 0.255 e. The third-order valence-electron chi connectivity index (χ3n) is 5.42. The highest BCUT2D eigenvalue weighted by molar-refractivity contribution is 6.05. The molecule has 0 atom stereocenters. The molecule has 3 N–H and O–H groups in total. The number of hydrogen-bond acceptors (Lipinski definition) is 3. The second kappa shape index (κ2) is 9.01. The number of H-pyrrole nitrogens is 1. The lowest BCUT2D eigenvalue weighted by Gasteiger charge is -2.08. The lowest BCUT2D eigenvalue weighted by molar-refractivity contribution is 0.0952. The minimum Gasteiger partial charge on any atom is -0.356 e. The van der Waals surface area contributed by atoms with Crippen molar-refractivity contribution in [3.8, 4) is 0 Å². The maximum absolute atomic E-state index is 14.1. The number of benzene rings is 2. The molecule has 0 saturated heterocycles. The molecule has 0 aliphatic heterocycles. The van der Waals surface area contributed by atoms with Crippen molar-refractivity contribution in [2.24, 2.45) is 0 Å². The van der Waals surface area contributed by atoms with Gasteiger partial charge in [0, 0.05) is 34.9 Å². The van der Waals surface area contributed by atoms with Crippen LogP contribution in [0.15, 0.2) is 60.9 Å². The van der Waals surface area contributed by atoms with Crippen molar-refractivity contribution in [1.82, 2.24) is 15.3 Å². The Balaban J connectivity index is 1.38. The molecule has 7 heteroatoms. The van der Waals surface area contributed by atoms with E-state index in [9.17, 15) is 14.0 Å². The van der Waals surface area contributed by atoms with Gasteiger partial charge in [0.15, 0.2) is 0 Å². The van der Waals surface area contributed by atoms with E-state index in [0.29, 0.717) is 35.3 Å². The Bertz CT molecular complexity index is 1280. The van der Waals surface area contributed by atoms with Gasteiger partial charge in [-0.05, 0) is 73.9 Å². The molecule has 6 nitrogen and oxygen atoms in total. The summed E-state index contributed by atoms with van der Waals surface area (Å²) in [5.74, 6) is -0.788. The first-order chi connectivity index (χ1) is 15.4. The monoisotopic (exact) mass is 430 g/mol. The average Bonchev–Trinajstić information content (AvgIpc) is 3.14. The van der Waals surface area contributed by atoms with Gasteiger partial charge in [0.1, 0.15) is 5.82 Å². The van der Waals surface area contributed by atoms with Gasteiger partial charge in [0.25, 0.3) is 11.8 Å². The maximum Gasteiger partial charge on any atom is 0.255 e. The molecule has 0 radical (unpaired) electrons. The van der Waals surface area contributed by atoms with E-state index in [1.165, 1.54) is 6.07 Å². The first kappa shape index (κ1) is 21.2. The number of aromatic amines is 1. The van der Waals surface area contributed by atoms with Gasteiger partial charge in [-0.25, -0.2) is 4.39 Å². The number of carbonyl (C=O) groups is 2. The maximum atomic E-state index is 14.1. The van der Waals surface area contributed by atoms with Crippen LogP contribution in [0.4, 0.5) is 10.1 Å². The summed E-state index contributed by atoms with van der Waals surface area (Å²) in [6, 6.07) is 13.1. The van der Waals surface area contributed by atoms with Gasteiger partial charge in [-0.2, -0.15) is 0 Å². The summed E-state index contributed by atoms with van der Waals surface area (Å²) < 4.78 is 14.1. The number of nitrogens with one attached hydrogen (secondary N) is 3. The Hall–Kier alpha value is -4.00. The molecule has 0 fully saturated rings. The van der Waals surface area contributed by atoms with Crippen LogP contribution in [0.3, 0.4) is 0 Å². The fourth-order valence-electron chi connectivity index (χ4n) is 3.77. The lowest BCUT2D eigenvalue weighted by Crippen LogP contribution is -2.26. The number of fused-ring (bicyclic) bond motifs is 1. The summed E-state index contributed by atoms with van der Waals surface area (Å²) in [7, 11) is 0. The van der Waals surface area contributed by atoms with Gasteiger partial charge >= 0.3 is 0 Å². The highest BCUT2D eigenvalue weighted by Gasteiger charge is 2.15. The van der Waals surface area contributed by atoms with Crippen LogP contribution in [-0.4, -0.2) is 28.3 Å². The van der Waals surface area contributed by atoms with Crippen LogP contribution in [-0.2, 0) is 6.42 Å². The molecule has 0 aliphatic carbocycles. The average molecular weight is 430 g/mol. The molecule has 0 saturated carbocycles. The summed E-state index contributed by atoms with van der Waals surface area (Å²) in [4.78, 5) is 31.9. The quantitative estimate of drug-likeness (QED) is 0.420. The van der Waals surface area contributed by atoms with Gasteiger partial charge in [0.2, 0.25) is 0 Å². The number of carbonyl (C=O) groups excluding carboxylic acids is 2. The third kappa shape index (κ3) is 4.37. The predicted molar refractivity (Wildman–Crippen MR) is 122 cm³/mol. The predicted octanol–water partition coefficient (Wildman–Crippen LogP) is 4.54. The zero-order chi connectivity index (χ0) is 22.7. The molecule has 2 heterocycles. The van der Waals surface area contributed by atoms with E-state index in [1.54, 1.807) is 54.9 Å².